The van der Waals surface area contributed by atoms with Gasteiger partial charge in [-0.15, -0.1) is 0 Å². The zero-order valence-corrected chi connectivity index (χ0v) is 17.2. The molecule has 2 aromatic carbocycles. The van der Waals surface area contributed by atoms with Crippen molar-refractivity contribution < 1.29 is 18.4 Å². The van der Waals surface area contributed by atoms with Crippen LogP contribution in [0.25, 0.3) is 5.69 Å². The second-order valence-electron chi connectivity index (χ2n) is 7.53. The normalized spacial score (nSPS) is 17.8. The highest BCUT2D eigenvalue weighted by Gasteiger charge is 2.36. The maximum Gasteiger partial charge on any atom is 0.230 e. The zero-order valence-electron chi connectivity index (χ0n) is 16.3. The Morgan fingerprint density at radius 3 is 2.32 bits per heavy atom. The lowest BCUT2D eigenvalue weighted by atomic mass is 10.1. The van der Waals surface area contributed by atoms with Crippen molar-refractivity contribution in [3.8, 4) is 5.69 Å². The van der Waals surface area contributed by atoms with Crippen LogP contribution in [0.4, 0.5) is 20.3 Å². The van der Waals surface area contributed by atoms with Crippen molar-refractivity contribution in [2.75, 3.05) is 16.8 Å². The molecule has 158 valence electrons. The van der Waals surface area contributed by atoms with Gasteiger partial charge in [0, 0.05) is 35.7 Å². The van der Waals surface area contributed by atoms with E-state index >= 15 is 0 Å². The number of hydrogen-bond donors (Lipinski definition) is 1. The molecule has 2 aliphatic rings. The number of halogens is 2. The fraction of sp³-hybridized carbons (Fsp3) is 0.227. The molecule has 0 radical (unpaired) electrons. The van der Waals surface area contributed by atoms with Crippen LogP contribution in [0.2, 0.25) is 0 Å². The summed E-state index contributed by atoms with van der Waals surface area (Å²) in [6, 6.07) is 11.5. The van der Waals surface area contributed by atoms with Gasteiger partial charge in [0.25, 0.3) is 0 Å². The average Bonchev–Trinajstić information content (AvgIpc) is 3.45. The Kier molecular flexibility index (Phi) is 4.97. The van der Waals surface area contributed by atoms with Crippen LogP contribution >= 0.6 is 11.8 Å². The summed E-state index contributed by atoms with van der Waals surface area (Å²) in [4.78, 5) is 27.1. The summed E-state index contributed by atoms with van der Waals surface area (Å²) in [5.74, 6) is 0.286. The van der Waals surface area contributed by atoms with Gasteiger partial charge in [0.05, 0.1) is 17.3 Å². The number of anilines is 2. The summed E-state index contributed by atoms with van der Waals surface area (Å²) in [5, 5.41) is 7.57. The van der Waals surface area contributed by atoms with Crippen LogP contribution in [0, 0.1) is 17.6 Å². The Bertz CT molecular complexity index is 1160. The number of nitrogens with zero attached hydrogens (tertiary/aromatic N) is 3. The van der Waals surface area contributed by atoms with Crippen molar-refractivity contribution in [3.05, 3.63) is 71.4 Å². The quantitative estimate of drug-likeness (QED) is 0.669. The fourth-order valence-corrected chi connectivity index (χ4v) is 4.92. The summed E-state index contributed by atoms with van der Waals surface area (Å²) in [5.41, 5.74) is 3.05. The third kappa shape index (κ3) is 3.69. The standard InChI is InChI=1S/C22H18F2N4O2S/c23-14-1-5-16(6-2-14)27-10-13(9-20(27)29)22(30)25-21-18-11-31-12-19(18)26-28(21)17-7-3-15(24)4-8-17/h1-8,13H,9-12H2,(H,25,30). The Hall–Kier alpha value is -3.20. The van der Waals surface area contributed by atoms with Gasteiger partial charge in [0.15, 0.2) is 0 Å². The van der Waals surface area contributed by atoms with Crippen molar-refractivity contribution >= 4 is 35.1 Å². The molecular weight excluding hydrogens is 422 g/mol. The molecule has 3 aromatic rings. The van der Waals surface area contributed by atoms with E-state index in [1.165, 1.54) is 41.3 Å². The van der Waals surface area contributed by atoms with E-state index < -0.39 is 5.92 Å². The van der Waals surface area contributed by atoms with Crippen LogP contribution in [0.1, 0.15) is 17.7 Å². The molecule has 2 amide bonds. The highest BCUT2D eigenvalue weighted by molar-refractivity contribution is 7.98. The van der Waals surface area contributed by atoms with Crippen LogP contribution < -0.4 is 10.2 Å². The topological polar surface area (TPSA) is 67.2 Å². The third-order valence-corrected chi connectivity index (χ3v) is 6.47. The molecule has 3 heterocycles. The predicted octanol–water partition coefficient (Wildman–Crippen LogP) is 3.89. The van der Waals surface area contributed by atoms with Gasteiger partial charge in [-0.3, -0.25) is 9.59 Å². The molecule has 0 bridgehead atoms. The zero-order chi connectivity index (χ0) is 21.5. The number of carbonyl (C=O) groups is 2. The van der Waals surface area contributed by atoms with E-state index in [2.05, 4.69) is 10.4 Å². The third-order valence-electron chi connectivity index (χ3n) is 5.50. The second-order valence-corrected chi connectivity index (χ2v) is 8.51. The van der Waals surface area contributed by atoms with Crippen molar-refractivity contribution in [1.29, 1.82) is 0 Å². The van der Waals surface area contributed by atoms with Crippen LogP contribution in [0.15, 0.2) is 48.5 Å². The second kappa shape index (κ2) is 7.81. The lowest BCUT2D eigenvalue weighted by Crippen LogP contribution is -2.28. The van der Waals surface area contributed by atoms with E-state index in [1.807, 2.05) is 0 Å². The summed E-state index contributed by atoms with van der Waals surface area (Å²) in [6.07, 6.45) is 0.0742. The van der Waals surface area contributed by atoms with Gasteiger partial charge in [-0.25, -0.2) is 13.5 Å². The van der Waals surface area contributed by atoms with Gasteiger partial charge >= 0.3 is 0 Å². The highest BCUT2D eigenvalue weighted by atomic mass is 32.2. The Balaban J connectivity index is 1.39. The van der Waals surface area contributed by atoms with Crippen molar-refractivity contribution in [3.63, 3.8) is 0 Å². The van der Waals surface area contributed by atoms with E-state index in [-0.39, 0.29) is 36.4 Å². The largest absolute Gasteiger partial charge is 0.312 e. The molecule has 9 heteroatoms. The van der Waals surface area contributed by atoms with Crippen molar-refractivity contribution in [2.24, 2.45) is 5.92 Å². The molecule has 0 saturated carbocycles. The molecule has 2 aliphatic heterocycles. The van der Waals surface area contributed by atoms with Gasteiger partial charge in [-0.2, -0.15) is 16.9 Å². The maximum absolute atomic E-state index is 13.4. The van der Waals surface area contributed by atoms with Gasteiger partial charge in [-0.05, 0) is 48.5 Å². The number of amides is 2. The van der Waals surface area contributed by atoms with Gasteiger partial charge in [0.1, 0.15) is 17.5 Å². The number of thioether (sulfide) groups is 1. The lowest BCUT2D eigenvalue weighted by Gasteiger charge is -2.17. The molecule has 5 rings (SSSR count). The molecule has 1 saturated heterocycles. The maximum atomic E-state index is 13.4. The van der Waals surface area contributed by atoms with E-state index in [0.717, 1.165) is 22.8 Å². The first-order valence-electron chi connectivity index (χ1n) is 9.81. The first-order valence-corrected chi connectivity index (χ1v) is 11.0. The minimum absolute atomic E-state index is 0.0742. The average molecular weight is 440 g/mol. The van der Waals surface area contributed by atoms with Crippen LogP contribution in [0.3, 0.4) is 0 Å². The first-order chi connectivity index (χ1) is 15.0. The molecule has 1 aromatic heterocycles. The fourth-order valence-electron chi connectivity index (χ4n) is 3.88. The van der Waals surface area contributed by atoms with Crippen LogP contribution in [-0.4, -0.2) is 28.1 Å². The number of rotatable bonds is 4. The van der Waals surface area contributed by atoms with Gasteiger partial charge in [0.2, 0.25) is 11.8 Å². The molecule has 31 heavy (non-hydrogen) atoms. The lowest BCUT2D eigenvalue weighted by molar-refractivity contribution is -0.122. The molecular formula is C22H18F2N4O2S. The predicted molar refractivity (Wildman–Crippen MR) is 114 cm³/mol. The monoisotopic (exact) mass is 440 g/mol. The molecule has 6 nitrogen and oxygen atoms in total. The first kappa shape index (κ1) is 19.7. The Labute approximate surface area is 181 Å². The molecule has 0 aliphatic carbocycles. The number of benzene rings is 2. The van der Waals surface area contributed by atoms with Crippen molar-refractivity contribution in [1.82, 2.24) is 9.78 Å². The number of carbonyl (C=O) groups excluding carboxylic acids is 2. The minimum atomic E-state index is -0.543. The van der Waals surface area contributed by atoms with E-state index in [4.69, 9.17) is 0 Å². The summed E-state index contributed by atoms with van der Waals surface area (Å²) in [6.45, 7) is 0.220. The number of aromatic nitrogens is 2. The molecule has 1 fully saturated rings. The number of fused-ring (bicyclic) bond motifs is 1. The molecule has 0 spiro atoms. The summed E-state index contributed by atoms with van der Waals surface area (Å²) in [7, 11) is 0. The smallest absolute Gasteiger partial charge is 0.230 e. The number of nitrogens with one attached hydrogen (secondary N) is 1. The van der Waals surface area contributed by atoms with Crippen LogP contribution in [0.5, 0.6) is 0 Å². The highest BCUT2D eigenvalue weighted by Crippen LogP contribution is 2.36. The molecule has 1 atom stereocenters. The van der Waals surface area contributed by atoms with Gasteiger partial charge < -0.3 is 10.2 Å². The van der Waals surface area contributed by atoms with Gasteiger partial charge in [-0.1, -0.05) is 0 Å². The van der Waals surface area contributed by atoms with E-state index in [9.17, 15) is 18.4 Å². The summed E-state index contributed by atoms with van der Waals surface area (Å²) >= 11 is 1.71. The minimum Gasteiger partial charge on any atom is -0.312 e. The number of hydrogen-bond acceptors (Lipinski definition) is 4. The van der Waals surface area contributed by atoms with Crippen molar-refractivity contribution in [2.45, 2.75) is 17.9 Å². The van der Waals surface area contributed by atoms with Crippen LogP contribution in [-0.2, 0) is 21.1 Å². The van der Waals surface area contributed by atoms with E-state index in [1.54, 1.807) is 28.6 Å². The Morgan fingerprint density at radius 1 is 1.00 bits per heavy atom. The Morgan fingerprint density at radius 2 is 1.65 bits per heavy atom. The summed E-state index contributed by atoms with van der Waals surface area (Å²) < 4.78 is 28.2. The van der Waals surface area contributed by atoms with E-state index in [0.29, 0.717) is 17.2 Å². The SMILES string of the molecule is O=C(Nc1c2c(nn1-c1ccc(F)cc1)CSC2)C1CC(=O)N(c2ccc(F)cc2)C1. The molecule has 1 N–H and O–H groups in total. The molecule has 1 unspecified atom stereocenters.